The van der Waals surface area contributed by atoms with Gasteiger partial charge in [-0.05, 0) is 26.2 Å². The number of guanidine groups is 1. The van der Waals surface area contributed by atoms with Gasteiger partial charge < -0.3 is 15.2 Å². The highest BCUT2D eigenvalue weighted by atomic mass is 127. The highest BCUT2D eigenvalue weighted by molar-refractivity contribution is 14.0. The molecule has 1 aromatic rings. The zero-order valence-corrected chi connectivity index (χ0v) is 15.6. The fourth-order valence-electron chi connectivity index (χ4n) is 2.84. The lowest BCUT2D eigenvalue weighted by Gasteiger charge is -2.13. The lowest BCUT2D eigenvalue weighted by atomic mass is 10.0. The van der Waals surface area contributed by atoms with E-state index in [2.05, 4.69) is 20.8 Å². The van der Waals surface area contributed by atoms with Crippen molar-refractivity contribution in [3.05, 3.63) is 17.0 Å². The SMILES string of the molecule is CN=C(NCCC1CCCC1)NCc1c(C)noc1C.I. The normalized spacial score (nSPS) is 15.9. The molecule has 0 atom stereocenters. The molecule has 0 aromatic carbocycles. The van der Waals surface area contributed by atoms with Crippen LogP contribution in [0.4, 0.5) is 0 Å². The summed E-state index contributed by atoms with van der Waals surface area (Å²) in [5.41, 5.74) is 2.06. The van der Waals surface area contributed by atoms with Crippen LogP contribution in [0.1, 0.15) is 49.1 Å². The number of hydrogen-bond donors (Lipinski definition) is 2. The predicted molar refractivity (Wildman–Crippen MR) is 96.2 cm³/mol. The minimum atomic E-state index is 0. The molecule has 1 heterocycles. The molecule has 1 saturated carbocycles. The average molecular weight is 406 g/mol. The van der Waals surface area contributed by atoms with Crippen molar-refractivity contribution in [2.75, 3.05) is 13.6 Å². The van der Waals surface area contributed by atoms with E-state index in [1.54, 1.807) is 7.05 Å². The molecular weight excluding hydrogens is 379 g/mol. The minimum Gasteiger partial charge on any atom is -0.361 e. The first-order chi connectivity index (χ1) is 9.70. The van der Waals surface area contributed by atoms with Gasteiger partial charge in [0.15, 0.2) is 5.96 Å². The Bertz CT molecular complexity index is 433. The van der Waals surface area contributed by atoms with Gasteiger partial charge in [0.2, 0.25) is 0 Å². The summed E-state index contributed by atoms with van der Waals surface area (Å²) in [6.07, 6.45) is 6.85. The molecule has 2 N–H and O–H groups in total. The Morgan fingerprint density at radius 1 is 1.29 bits per heavy atom. The van der Waals surface area contributed by atoms with E-state index in [1.165, 1.54) is 32.1 Å². The lowest BCUT2D eigenvalue weighted by molar-refractivity contribution is 0.392. The topological polar surface area (TPSA) is 62.5 Å². The molecule has 0 spiro atoms. The second-order valence-corrected chi connectivity index (χ2v) is 5.59. The van der Waals surface area contributed by atoms with Crippen LogP contribution in [0.15, 0.2) is 9.52 Å². The van der Waals surface area contributed by atoms with Crippen LogP contribution in [0.3, 0.4) is 0 Å². The molecule has 1 fully saturated rings. The molecule has 5 nitrogen and oxygen atoms in total. The van der Waals surface area contributed by atoms with Gasteiger partial charge in [-0.1, -0.05) is 30.8 Å². The van der Waals surface area contributed by atoms with Gasteiger partial charge in [-0.2, -0.15) is 0 Å². The molecule has 1 aromatic heterocycles. The third-order valence-corrected chi connectivity index (χ3v) is 4.16. The highest BCUT2D eigenvalue weighted by Gasteiger charge is 2.14. The highest BCUT2D eigenvalue weighted by Crippen LogP contribution is 2.26. The molecule has 120 valence electrons. The summed E-state index contributed by atoms with van der Waals surface area (Å²) >= 11 is 0. The largest absolute Gasteiger partial charge is 0.361 e. The van der Waals surface area contributed by atoms with Crippen molar-refractivity contribution in [1.29, 1.82) is 0 Å². The van der Waals surface area contributed by atoms with Crippen molar-refractivity contribution in [3.63, 3.8) is 0 Å². The van der Waals surface area contributed by atoms with Crippen molar-refractivity contribution < 1.29 is 4.52 Å². The molecular formula is C15H27IN4O. The number of nitrogens with one attached hydrogen (secondary N) is 2. The Labute approximate surface area is 144 Å². The quantitative estimate of drug-likeness (QED) is 0.448. The Hall–Kier alpha value is -0.790. The monoisotopic (exact) mass is 406 g/mol. The van der Waals surface area contributed by atoms with E-state index >= 15 is 0 Å². The molecule has 0 aliphatic heterocycles. The summed E-state index contributed by atoms with van der Waals surface area (Å²) in [5.74, 6) is 2.63. The summed E-state index contributed by atoms with van der Waals surface area (Å²) in [6.45, 7) is 5.59. The van der Waals surface area contributed by atoms with Gasteiger partial charge in [0.05, 0.1) is 5.69 Å². The third kappa shape index (κ3) is 5.48. The zero-order chi connectivity index (χ0) is 14.4. The van der Waals surface area contributed by atoms with Gasteiger partial charge in [0.25, 0.3) is 0 Å². The summed E-state index contributed by atoms with van der Waals surface area (Å²) in [7, 11) is 1.80. The molecule has 2 rings (SSSR count). The summed E-state index contributed by atoms with van der Waals surface area (Å²) in [5, 5.41) is 10.7. The molecule has 1 aliphatic rings. The summed E-state index contributed by atoms with van der Waals surface area (Å²) in [6, 6.07) is 0. The standard InChI is InChI=1S/C15H26N4O.HI/c1-11-14(12(2)20-19-11)10-18-15(16-3)17-9-8-13-6-4-5-7-13;/h13H,4-10H2,1-3H3,(H2,16,17,18);1H. The van der Waals surface area contributed by atoms with Gasteiger partial charge in [-0.15, -0.1) is 24.0 Å². The maximum Gasteiger partial charge on any atom is 0.191 e. The van der Waals surface area contributed by atoms with Crippen molar-refractivity contribution in [2.45, 2.75) is 52.5 Å². The Morgan fingerprint density at radius 3 is 2.57 bits per heavy atom. The predicted octanol–water partition coefficient (Wildman–Crippen LogP) is 3.15. The van der Waals surface area contributed by atoms with Crippen LogP contribution in [0.25, 0.3) is 0 Å². The lowest BCUT2D eigenvalue weighted by Crippen LogP contribution is -2.37. The number of aliphatic imine (C=N–C) groups is 1. The molecule has 21 heavy (non-hydrogen) atoms. The van der Waals surface area contributed by atoms with Crippen LogP contribution in [0.2, 0.25) is 0 Å². The Kier molecular flexibility index (Phi) is 8.06. The Morgan fingerprint density at radius 2 is 2.00 bits per heavy atom. The first kappa shape index (κ1) is 18.3. The van der Waals surface area contributed by atoms with Gasteiger partial charge in [0, 0.05) is 25.7 Å². The van der Waals surface area contributed by atoms with Crippen molar-refractivity contribution in [3.8, 4) is 0 Å². The minimum absolute atomic E-state index is 0. The van der Waals surface area contributed by atoms with Crippen LogP contribution in [-0.2, 0) is 6.54 Å². The van der Waals surface area contributed by atoms with Gasteiger partial charge >= 0.3 is 0 Å². The average Bonchev–Trinajstić information content (AvgIpc) is 3.06. The van der Waals surface area contributed by atoms with Crippen LogP contribution in [0, 0.1) is 19.8 Å². The van der Waals surface area contributed by atoms with Gasteiger partial charge in [-0.3, -0.25) is 4.99 Å². The fraction of sp³-hybridized carbons (Fsp3) is 0.733. The molecule has 0 amide bonds. The number of aromatic nitrogens is 1. The van der Waals surface area contributed by atoms with Crippen molar-refractivity contribution in [1.82, 2.24) is 15.8 Å². The van der Waals surface area contributed by atoms with Crippen molar-refractivity contribution in [2.24, 2.45) is 10.9 Å². The van der Waals surface area contributed by atoms with Crippen molar-refractivity contribution >= 4 is 29.9 Å². The first-order valence-electron chi connectivity index (χ1n) is 7.57. The smallest absolute Gasteiger partial charge is 0.191 e. The fourth-order valence-corrected chi connectivity index (χ4v) is 2.84. The molecule has 0 unspecified atom stereocenters. The van der Waals surface area contributed by atoms with Gasteiger partial charge in [0.1, 0.15) is 5.76 Å². The van der Waals surface area contributed by atoms with Crippen LogP contribution >= 0.6 is 24.0 Å². The van der Waals surface area contributed by atoms with E-state index in [9.17, 15) is 0 Å². The number of aryl methyl sites for hydroxylation is 2. The number of rotatable bonds is 5. The molecule has 0 bridgehead atoms. The zero-order valence-electron chi connectivity index (χ0n) is 13.2. The Balaban J connectivity index is 0.00000220. The molecule has 6 heteroatoms. The van der Waals surface area contributed by atoms with E-state index in [-0.39, 0.29) is 24.0 Å². The second kappa shape index (κ2) is 9.27. The summed E-state index contributed by atoms with van der Waals surface area (Å²) < 4.78 is 5.16. The van der Waals surface area contributed by atoms with E-state index in [0.717, 1.165) is 35.4 Å². The number of hydrogen-bond acceptors (Lipinski definition) is 3. The summed E-state index contributed by atoms with van der Waals surface area (Å²) in [4.78, 5) is 4.25. The van der Waals surface area contributed by atoms with Gasteiger partial charge in [-0.25, -0.2) is 0 Å². The van der Waals surface area contributed by atoms with Crippen LogP contribution < -0.4 is 10.6 Å². The maximum absolute atomic E-state index is 5.16. The third-order valence-electron chi connectivity index (χ3n) is 4.16. The maximum atomic E-state index is 5.16. The number of halogens is 1. The van der Waals surface area contributed by atoms with Crippen LogP contribution in [0.5, 0.6) is 0 Å². The molecule has 0 radical (unpaired) electrons. The molecule has 0 saturated heterocycles. The van der Waals surface area contributed by atoms with E-state index in [4.69, 9.17) is 4.52 Å². The van der Waals surface area contributed by atoms with Crippen LogP contribution in [-0.4, -0.2) is 24.7 Å². The number of nitrogens with zero attached hydrogens (tertiary/aromatic N) is 2. The molecule has 1 aliphatic carbocycles. The second-order valence-electron chi connectivity index (χ2n) is 5.59. The van der Waals surface area contributed by atoms with E-state index in [0.29, 0.717) is 6.54 Å². The van der Waals surface area contributed by atoms with E-state index < -0.39 is 0 Å². The first-order valence-corrected chi connectivity index (χ1v) is 7.57. The van der Waals surface area contributed by atoms with E-state index in [1.807, 2.05) is 13.8 Å².